The van der Waals surface area contributed by atoms with E-state index in [1.54, 1.807) is 0 Å². The van der Waals surface area contributed by atoms with Crippen molar-refractivity contribution in [3.63, 3.8) is 0 Å². The molecule has 1 heterocycles. The Bertz CT molecular complexity index is 733. The van der Waals surface area contributed by atoms with E-state index in [1.165, 1.54) is 0 Å². The number of carbonyl (C=O) groups excluding carboxylic acids is 1. The van der Waals surface area contributed by atoms with Gasteiger partial charge in [-0.3, -0.25) is 4.79 Å². The summed E-state index contributed by atoms with van der Waals surface area (Å²) in [6.45, 7) is 2.27. The quantitative estimate of drug-likeness (QED) is 0.811. The largest absolute Gasteiger partial charge is 0.489 e. The first-order chi connectivity index (χ1) is 12.1. The Balaban J connectivity index is 0.00000243. The third kappa shape index (κ3) is 5.37. The molecule has 0 aliphatic carbocycles. The monoisotopic (exact) mass is 394 g/mol. The third-order valence-corrected chi connectivity index (χ3v) is 4.95. The topological polar surface area (TPSA) is 41.6 Å². The van der Waals surface area contributed by atoms with Crippen molar-refractivity contribution < 1.29 is 9.53 Å². The van der Waals surface area contributed by atoms with Crippen LogP contribution in [0.3, 0.4) is 0 Å². The molecule has 1 amide bonds. The van der Waals surface area contributed by atoms with Gasteiger partial charge in [0.05, 0.1) is 6.42 Å². The summed E-state index contributed by atoms with van der Waals surface area (Å²) < 4.78 is 5.84. The van der Waals surface area contributed by atoms with Crippen molar-refractivity contribution in [2.24, 2.45) is 0 Å². The van der Waals surface area contributed by atoms with E-state index in [0.717, 1.165) is 36.4 Å². The molecule has 1 aliphatic rings. The summed E-state index contributed by atoms with van der Waals surface area (Å²) in [5, 5.41) is 3.99. The lowest BCUT2D eigenvalue weighted by atomic mass is 10.1. The van der Waals surface area contributed by atoms with Gasteiger partial charge in [0, 0.05) is 30.2 Å². The van der Waals surface area contributed by atoms with E-state index < -0.39 is 0 Å². The molecule has 1 aliphatic heterocycles. The number of nitrogens with one attached hydrogen (secondary N) is 1. The van der Waals surface area contributed by atoms with E-state index in [0.29, 0.717) is 24.1 Å². The molecule has 3 rings (SSSR count). The number of ether oxygens (including phenoxy) is 1. The summed E-state index contributed by atoms with van der Waals surface area (Å²) in [6.07, 6.45) is 1.40. The van der Waals surface area contributed by atoms with Crippen LogP contribution in [-0.4, -0.2) is 37.0 Å². The van der Waals surface area contributed by atoms with Crippen LogP contribution in [0, 0.1) is 0 Å². The zero-order chi connectivity index (χ0) is 17.6. The van der Waals surface area contributed by atoms with Gasteiger partial charge in [0.2, 0.25) is 5.91 Å². The minimum Gasteiger partial charge on any atom is -0.489 e. The lowest BCUT2D eigenvalue weighted by Gasteiger charge is -2.23. The molecule has 0 saturated carbocycles. The second-order valence-electron chi connectivity index (χ2n) is 6.36. The van der Waals surface area contributed by atoms with E-state index in [4.69, 9.17) is 16.3 Å². The molecule has 0 aromatic heterocycles. The number of hydrogen-bond donors (Lipinski definition) is 1. The Kier molecular flexibility index (Phi) is 7.76. The SMILES string of the molecule is CN(C(=O)Cc1cccc(OCc2ccccc2Cl)c1)C1CCNC1.Cl. The van der Waals surface area contributed by atoms with Crippen molar-refractivity contribution in [1.82, 2.24) is 10.2 Å². The van der Waals surface area contributed by atoms with E-state index >= 15 is 0 Å². The van der Waals surface area contributed by atoms with E-state index in [2.05, 4.69) is 5.32 Å². The molecular formula is C20H24Cl2N2O2. The average Bonchev–Trinajstić information content (AvgIpc) is 3.15. The third-order valence-electron chi connectivity index (χ3n) is 4.58. The van der Waals surface area contributed by atoms with Gasteiger partial charge in [-0.1, -0.05) is 41.9 Å². The van der Waals surface area contributed by atoms with E-state index in [9.17, 15) is 4.79 Å². The number of nitrogens with zero attached hydrogens (tertiary/aromatic N) is 1. The van der Waals surface area contributed by atoms with Gasteiger partial charge in [-0.15, -0.1) is 12.4 Å². The van der Waals surface area contributed by atoms with Crippen LogP contribution in [0.25, 0.3) is 0 Å². The summed E-state index contributed by atoms with van der Waals surface area (Å²) in [7, 11) is 1.89. The highest BCUT2D eigenvalue weighted by Crippen LogP contribution is 2.20. The van der Waals surface area contributed by atoms with E-state index in [-0.39, 0.29) is 18.3 Å². The van der Waals surface area contributed by atoms with Gasteiger partial charge in [0.25, 0.3) is 0 Å². The normalized spacial score (nSPS) is 16.0. The summed E-state index contributed by atoms with van der Waals surface area (Å²) >= 11 is 6.15. The van der Waals surface area contributed by atoms with Gasteiger partial charge in [-0.2, -0.15) is 0 Å². The summed E-state index contributed by atoms with van der Waals surface area (Å²) in [6, 6.07) is 15.6. The molecule has 140 valence electrons. The Hall–Kier alpha value is -1.75. The van der Waals surface area contributed by atoms with Crippen LogP contribution in [0.15, 0.2) is 48.5 Å². The first kappa shape index (κ1) is 20.6. The molecule has 1 N–H and O–H groups in total. The van der Waals surface area contributed by atoms with Crippen LogP contribution >= 0.6 is 24.0 Å². The molecule has 0 spiro atoms. The molecule has 26 heavy (non-hydrogen) atoms. The molecule has 6 heteroatoms. The molecule has 1 atom stereocenters. The highest BCUT2D eigenvalue weighted by atomic mass is 35.5. The highest BCUT2D eigenvalue weighted by molar-refractivity contribution is 6.31. The van der Waals surface area contributed by atoms with Crippen LogP contribution in [0.1, 0.15) is 17.5 Å². The maximum atomic E-state index is 12.5. The van der Waals surface area contributed by atoms with Crippen LogP contribution in [0.2, 0.25) is 5.02 Å². The fraction of sp³-hybridized carbons (Fsp3) is 0.350. The predicted octanol–water partition coefficient (Wildman–Crippen LogP) is 3.70. The summed E-state index contributed by atoms with van der Waals surface area (Å²) in [4.78, 5) is 14.3. The van der Waals surface area contributed by atoms with Crippen LogP contribution in [0.5, 0.6) is 5.75 Å². The lowest BCUT2D eigenvalue weighted by molar-refractivity contribution is -0.130. The van der Waals surface area contributed by atoms with Crippen molar-refractivity contribution in [2.75, 3.05) is 20.1 Å². The molecule has 4 nitrogen and oxygen atoms in total. The maximum absolute atomic E-state index is 12.5. The molecule has 2 aromatic rings. The van der Waals surface area contributed by atoms with Crippen molar-refractivity contribution >= 4 is 29.9 Å². The Morgan fingerprint density at radius 1 is 1.27 bits per heavy atom. The highest BCUT2D eigenvalue weighted by Gasteiger charge is 2.23. The van der Waals surface area contributed by atoms with Crippen molar-refractivity contribution in [3.8, 4) is 5.75 Å². The summed E-state index contributed by atoms with van der Waals surface area (Å²) in [5.74, 6) is 0.882. The number of benzene rings is 2. The van der Waals surface area contributed by atoms with Gasteiger partial charge in [0.1, 0.15) is 12.4 Å². The van der Waals surface area contributed by atoms with Crippen LogP contribution < -0.4 is 10.1 Å². The minimum atomic E-state index is 0. The maximum Gasteiger partial charge on any atom is 0.227 e. The second-order valence-corrected chi connectivity index (χ2v) is 6.76. The first-order valence-electron chi connectivity index (χ1n) is 8.55. The van der Waals surface area contributed by atoms with Gasteiger partial charge in [0.15, 0.2) is 0 Å². The second kappa shape index (κ2) is 9.81. The molecule has 1 fully saturated rings. The summed E-state index contributed by atoms with van der Waals surface area (Å²) in [5.41, 5.74) is 1.90. The zero-order valence-electron chi connectivity index (χ0n) is 14.8. The smallest absolute Gasteiger partial charge is 0.227 e. The minimum absolute atomic E-state index is 0. The molecular weight excluding hydrogens is 371 g/mol. The fourth-order valence-electron chi connectivity index (χ4n) is 2.99. The molecule has 0 bridgehead atoms. The molecule has 2 aromatic carbocycles. The number of amides is 1. The van der Waals surface area contributed by atoms with Gasteiger partial charge >= 0.3 is 0 Å². The van der Waals surface area contributed by atoms with Gasteiger partial charge in [-0.25, -0.2) is 0 Å². The number of likely N-dealkylation sites (N-methyl/N-ethyl adjacent to an activating group) is 1. The first-order valence-corrected chi connectivity index (χ1v) is 8.93. The van der Waals surface area contributed by atoms with Crippen molar-refractivity contribution in [3.05, 3.63) is 64.7 Å². The Labute approximate surface area is 165 Å². The van der Waals surface area contributed by atoms with Crippen molar-refractivity contribution in [2.45, 2.75) is 25.5 Å². The Morgan fingerprint density at radius 2 is 2.08 bits per heavy atom. The average molecular weight is 395 g/mol. The van der Waals surface area contributed by atoms with Crippen LogP contribution in [0.4, 0.5) is 0 Å². The lowest BCUT2D eigenvalue weighted by Crippen LogP contribution is -2.39. The predicted molar refractivity (Wildman–Crippen MR) is 107 cm³/mol. The van der Waals surface area contributed by atoms with Gasteiger partial charge < -0.3 is 15.0 Å². The van der Waals surface area contributed by atoms with Crippen LogP contribution in [-0.2, 0) is 17.8 Å². The van der Waals surface area contributed by atoms with Crippen molar-refractivity contribution in [1.29, 1.82) is 0 Å². The molecule has 1 saturated heterocycles. The number of halogens is 2. The standard InChI is InChI=1S/C20H23ClN2O2.ClH/c1-23(17-9-10-22-13-17)20(24)12-15-5-4-7-18(11-15)25-14-16-6-2-3-8-19(16)21;/h2-8,11,17,22H,9-10,12-14H2,1H3;1H. The molecule has 1 unspecified atom stereocenters. The zero-order valence-corrected chi connectivity index (χ0v) is 16.4. The Morgan fingerprint density at radius 3 is 2.81 bits per heavy atom. The molecule has 0 radical (unpaired) electrons. The fourth-order valence-corrected chi connectivity index (χ4v) is 3.19. The van der Waals surface area contributed by atoms with E-state index in [1.807, 2.05) is 60.5 Å². The number of rotatable bonds is 6. The number of hydrogen-bond acceptors (Lipinski definition) is 3. The van der Waals surface area contributed by atoms with Gasteiger partial charge in [-0.05, 0) is 36.7 Å². The number of carbonyl (C=O) groups is 1.